The summed E-state index contributed by atoms with van der Waals surface area (Å²) in [5.41, 5.74) is 0. The molecule has 0 aromatic heterocycles. The maximum absolute atomic E-state index is 12.9. The van der Waals surface area contributed by atoms with E-state index in [1.54, 1.807) is 0 Å². The van der Waals surface area contributed by atoms with Crippen molar-refractivity contribution in [3.63, 3.8) is 0 Å². The minimum atomic E-state index is -0.811. The van der Waals surface area contributed by atoms with Gasteiger partial charge in [-0.25, -0.2) is 0 Å². The molecule has 0 aromatic rings. The number of carbonyl (C=O) groups is 3. The molecule has 0 rings (SSSR count). The summed E-state index contributed by atoms with van der Waals surface area (Å²) < 4.78 is 16.8. The second-order valence-corrected chi connectivity index (χ2v) is 19.9. The van der Waals surface area contributed by atoms with Crippen molar-refractivity contribution in [1.29, 1.82) is 0 Å². The molecule has 0 N–H and O–H groups in total. The van der Waals surface area contributed by atoms with Crippen LogP contribution in [0.25, 0.3) is 0 Å². The summed E-state index contributed by atoms with van der Waals surface area (Å²) in [6.45, 7) is 6.55. The van der Waals surface area contributed by atoms with Gasteiger partial charge in [-0.05, 0) is 116 Å². The van der Waals surface area contributed by atoms with Crippen LogP contribution in [0.1, 0.15) is 290 Å². The predicted molar refractivity (Wildman–Crippen MR) is 307 cm³/mol. The first-order valence-electron chi connectivity index (χ1n) is 30.1. The van der Waals surface area contributed by atoms with E-state index >= 15 is 0 Å². The third-order valence-corrected chi connectivity index (χ3v) is 12.8. The normalized spacial score (nSPS) is 12.7. The SMILES string of the molecule is CCCCC/C=C\C/C=C\C/C=C\C/C=C\CCCC(=O)O[C@H](COC(=O)CCCCCCCCC/C=C\C/C=C\CCCCC)COC(=O)CCCCCCCCC/C=C\CCCCCCCCCC. The molecule has 0 aliphatic rings. The smallest absolute Gasteiger partial charge is 0.306 e. The molecule has 408 valence electrons. The molecule has 0 aromatic carbocycles. The zero-order valence-electron chi connectivity index (χ0n) is 46.7. The molecule has 0 aliphatic carbocycles. The summed E-state index contributed by atoms with van der Waals surface area (Å²) in [7, 11) is 0. The molecule has 0 saturated heterocycles. The van der Waals surface area contributed by atoms with Crippen molar-refractivity contribution in [2.24, 2.45) is 0 Å². The largest absolute Gasteiger partial charge is 0.462 e. The van der Waals surface area contributed by atoms with Gasteiger partial charge in [0.15, 0.2) is 6.10 Å². The maximum Gasteiger partial charge on any atom is 0.306 e. The quantitative estimate of drug-likeness (QED) is 0.0261. The van der Waals surface area contributed by atoms with Crippen molar-refractivity contribution >= 4 is 17.9 Å². The van der Waals surface area contributed by atoms with Crippen LogP contribution in [0.5, 0.6) is 0 Å². The van der Waals surface area contributed by atoms with Gasteiger partial charge < -0.3 is 14.2 Å². The summed E-state index contributed by atoms with van der Waals surface area (Å²) in [6.07, 6.45) is 77.2. The van der Waals surface area contributed by atoms with Gasteiger partial charge in [0.25, 0.3) is 0 Å². The lowest BCUT2D eigenvalue weighted by Crippen LogP contribution is -2.30. The van der Waals surface area contributed by atoms with Gasteiger partial charge in [0.05, 0.1) is 0 Å². The van der Waals surface area contributed by atoms with Gasteiger partial charge >= 0.3 is 17.9 Å². The summed E-state index contributed by atoms with van der Waals surface area (Å²) in [5.74, 6) is -0.964. The summed E-state index contributed by atoms with van der Waals surface area (Å²) in [6, 6.07) is 0. The van der Waals surface area contributed by atoms with Gasteiger partial charge in [-0.1, -0.05) is 241 Å². The Morgan fingerprint density at radius 3 is 0.873 bits per heavy atom. The second kappa shape index (κ2) is 59.2. The van der Waals surface area contributed by atoms with Crippen LogP contribution in [0.4, 0.5) is 0 Å². The topological polar surface area (TPSA) is 78.9 Å². The van der Waals surface area contributed by atoms with E-state index < -0.39 is 6.10 Å². The number of allylic oxidation sites excluding steroid dienone is 14. The van der Waals surface area contributed by atoms with Crippen LogP contribution >= 0.6 is 0 Å². The number of ether oxygens (including phenoxy) is 3. The lowest BCUT2D eigenvalue weighted by molar-refractivity contribution is -0.167. The van der Waals surface area contributed by atoms with Gasteiger partial charge in [0, 0.05) is 19.3 Å². The molecule has 1 atom stereocenters. The van der Waals surface area contributed by atoms with Crippen molar-refractivity contribution in [1.82, 2.24) is 0 Å². The van der Waals surface area contributed by atoms with Crippen LogP contribution in [0.2, 0.25) is 0 Å². The third kappa shape index (κ3) is 57.4. The Hall–Kier alpha value is -3.41. The van der Waals surface area contributed by atoms with Crippen molar-refractivity contribution in [2.75, 3.05) is 13.2 Å². The van der Waals surface area contributed by atoms with E-state index in [2.05, 4.69) is 106 Å². The molecule has 0 amide bonds. The van der Waals surface area contributed by atoms with Crippen molar-refractivity contribution in [3.05, 3.63) is 85.1 Å². The van der Waals surface area contributed by atoms with Crippen LogP contribution in [0.15, 0.2) is 85.1 Å². The Morgan fingerprint density at radius 2 is 0.521 bits per heavy atom. The molecule has 0 spiro atoms. The molecule has 0 heterocycles. The van der Waals surface area contributed by atoms with E-state index in [0.717, 1.165) is 77.0 Å². The zero-order valence-corrected chi connectivity index (χ0v) is 46.7. The fourth-order valence-corrected chi connectivity index (χ4v) is 8.28. The molecule has 6 heteroatoms. The van der Waals surface area contributed by atoms with Crippen LogP contribution in [0, 0.1) is 0 Å². The van der Waals surface area contributed by atoms with Gasteiger partial charge in [-0.15, -0.1) is 0 Å². The highest BCUT2D eigenvalue weighted by atomic mass is 16.6. The fourth-order valence-electron chi connectivity index (χ4n) is 8.28. The lowest BCUT2D eigenvalue weighted by atomic mass is 10.1. The third-order valence-electron chi connectivity index (χ3n) is 12.8. The average Bonchev–Trinajstić information content (AvgIpc) is 3.37. The number of carbonyl (C=O) groups excluding carboxylic acids is 3. The number of hydrogen-bond donors (Lipinski definition) is 0. The number of hydrogen-bond acceptors (Lipinski definition) is 6. The Kier molecular flexibility index (Phi) is 56.3. The monoisotopic (exact) mass is 989 g/mol. The Balaban J connectivity index is 4.47. The first kappa shape index (κ1) is 67.6. The van der Waals surface area contributed by atoms with Crippen LogP contribution in [-0.2, 0) is 28.6 Å². The van der Waals surface area contributed by atoms with Crippen LogP contribution in [0.3, 0.4) is 0 Å². The number of rotatable bonds is 54. The minimum Gasteiger partial charge on any atom is -0.462 e. The minimum absolute atomic E-state index is 0.103. The first-order chi connectivity index (χ1) is 35.0. The van der Waals surface area contributed by atoms with Gasteiger partial charge in [-0.2, -0.15) is 0 Å². The Bertz CT molecular complexity index is 1370. The fraction of sp³-hybridized carbons (Fsp3) is 0.738. The van der Waals surface area contributed by atoms with Crippen LogP contribution in [-0.4, -0.2) is 37.2 Å². The summed E-state index contributed by atoms with van der Waals surface area (Å²) >= 11 is 0. The Labute approximate surface area is 439 Å². The Morgan fingerprint density at radius 1 is 0.282 bits per heavy atom. The number of unbranched alkanes of at least 4 members (excludes halogenated alkanes) is 29. The molecule has 0 saturated carbocycles. The van der Waals surface area contributed by atoms with Gasteiger partial charge in [-0.3, -0.25) is 14.4 Å². The van der Waals surface area contributed by atoms with E-state index in [-0.39, 0.29) is 37.5 Å². The molecule has 6 nitrogen and oxygen atoms in total. The van der Waals surface area contributed by atoms with E-state index in [1.807, 2.05) is 0 Å². The molecular weight excluding hydrogens is 877 g/mol. The van der Waals surface area contributed by atoms with E-state index in [0.29, 0.717) is 19.3 Å². The highest BCUT2D eigenvalue weighted by molar-refractivity contribution is 5.71. The second-order valence-electron chi connectivity index (χ2n) is 19.9. The molecule has 0 unspecified atom stereocenters. The molecule has 71 heavy (non-hydrogen) atoms. The standard InChI is InChI=1S/C65H112O6/c1-4-7-10-13-16-19-22-25-28-31-32-35-37-40-43-46-49-52-55-58-64(67)70-61-62(71-65(68)59-56-53-50-47-44-41-38-34-30-27-24-21-18-15-12-9-6-3)60-69-63(66)57-54-51-48-45-42-39-36-33-29-26-23-20-17-14-11-8-5-2/h17-18,20-21,26-27,29-32,38,41,47,50,62H,4-16,19,22-25,28,33-37,39-40,42-46,48-49,51-61H2,1-3H3/b20-17-,21-18-,29-26-,30-27-,32-31-,41-38-,50-47-/t62-/m1/s1. The molecule has 0 fully saturated rings. The van der Waals surface area contributed by atoms with Crippen molar-refractivity contribution in [3.8, 4) is 0 Å². The van der Waals surface area contributed by atoms with Crippen molar-refractivity contribution in [2.45, 2.75) is 297 Å². The average molecular weight is 990 g/mol. The summed E-state index contributed by atoms with van der Waals surface area (Å²) in [4.78, 5) is 38.2. The molecule has 0 radical (unpaired) electrons. The first-order valence-corrected chi connectivity index (χ1v) is 30.1. The van der Waals surface area contributed by atoms with Crippen LogP contribution < -0.4 is 0 Å². The highest BCUT2D eigenvalue weighted by Crippen LogP contribution is 2.15. The van der Waals surface area contributed by atoms with E-state index in [1.165, 1.54) is 167 Å². The lowest BCUT2D eigenvalue weighted by Gasteiger charge is -2.18. The molecular formula is C65H112O6. The van der Waals surface area contributed by atoms with E-state index in [9.17, 15) is 14.4 Å². The molecule has 0 bridgehead atoms. The predicted octanol–water partition coefficient (Wildman–Crippen LogP) is 20.3. The molecule has 0 aliphatic heterocycles. The van der Waals surface area contributed by atoms with Crippen molar-refractivity contribution < 1.29 is 28.6 Å². The highest BCUT2D eigenvalue weighted by Gasteiger charge is 2.19. The van der Waals surface area contributed by atoms with Gasteiger partial charge in [0.1, 0.15) is 13.2 Å². The summed E-state index contributed by atoms with van der Waals surface area (Å²) in [5, 5.41) is 0. The zero-order chi connectivity index (χ0) is 51.4. The number of esters is 3. The van der Waals surface area contributed by atoms with E-state index in [4.69, 9.17) is 14.2 Å². The van der Waals surface area contributed by atoms with Gasteiger partial charge in [0.2, 0.25) is 0 Å². The maximum atomic E-state index is 12.9.